The number of hydrogen-bond donors (Lipinski definition) is 0. The Kier molecular flexibility index (Phi) is 7.81. The molecule has 1 heteroatoms. The second kappa shape index (κ2) is 10.3. The van der Waals surface area contributed by atoms with Crippen LogP contribution in [0, 0.1) is 41.3 Å². The van der Waals surface area contributed by atoms with E-state index >= 15 is 0 Å². The van der Waals surface area contributed by atoms with Gasteiger partial charge >= 0.3 is 0 Å². The SMILES string of the molecule is CCCCCc1ccc(C#C[C@H]2CC[C@H]([C@H]3CC[C@H](C)CC3)CC2)cc1F. The third-order valence-electron chi connectivity index (χ3n) is 7.02. The minimum atomic E-state index is -0.0758. The molecule has 1 aromatic carbocycles. The fourth-order valence-electron chi connectivity index (χ4n) is 5.07. The van der Waals surface area contributed by atoms with Gasteiger partial charge in [-0.15, -0.1) is 0 Å². The molecule has 0 bridgehead atoms. The Morgan fingerprint density at radius 3 is 2.22 bits per heavy atom. The minimum Gasteiger partial charge on any atom is -0.207 e. The van der Waals surface area contributed by atoms with E-state index in [-0.39, 0.29) is 5.82 Å². The monoisotopic (exact) mass is 368 g/mol. The van der Waals surface area contributed by atoms with Crippen LogP contribution < -0.4 is 0 Å². The largest absolute Gasteiger partial charge is 0.207 e. The molecule has 2 aliphatic rings. The van der Waals surface area contributed by atoms with Gasteiger partial charge in [-0.25, -0.2) is 4.39 Å². The van der Waals surface area contributed by atoms with Gasteiger partial charge in [0.25, 0.3) is 0 Å². The van der Waals surface area contributed by atoms with Crippen LogP contribution in [0.1, 0.15) is 95.6 Å². The maximum atomic E-state index is 14.3. The fourth-order valence-corrected chi connectivity index (χ4v) is 5.07. The normalized spacial score (nSPS) is 28.4. The predicted octanol–water partition coefficient (Wildman–Crippen LogP) is 7.54. The van der Waals surface area contributed by atoms with Gasteiger partial charge in [-0.3, -0.25) is 0 Å². The molecule has 0 aliphatic heterocycles. The summed E-state index contributed by atoms with van der Waals surface area (Å²) in [4.78, 5) is 0. The van der Waals surface area contributed by atoms with Gasteiger partial charge in [-0.2, -0.15) is 0 Å². The van der Waals surface area contributed by atoms with Crippen LogP contribution in [0.3, 0.4) is 0 Å². The highest BCUT2D eigenvalue weighted by atomic mass is 19.1. The smallest absolute Gasteiger partial charge is 0.127 e. The van der Waals surface area contributed by atoms with Gasteiger partial charge in [0.1, 0.15) is 5.82 Å². The summed E-state index contributed by atoms with van der Waals surface area (Å²) in [6.07, 6.45) is 15.2. The van der Waals surface area contributed by atoms with Crippen molar-refractivity contribution in [3.05, 3.63) is 35.1 Å². The molecule has 2 fully saturated rings. The highest BCUT2D eigenvalue weighted by Gasteiger charge is 2.29. The second-order valence-corrected chi connectivity index (χ2v) is 9.16. The van der Waals surface area contributed by atoms with Crippen LogP contribution in [-0.4, -0.2) is 0 Å². The van der Waals surface area contributed by atoms with E-state index in [0.717, 1.165) is 41.7 Å². The summed E-state index contributed by atoms with van der Waals surface area (Å²) in [7, 11) is 0. The molecule has 2 saturated carbocycles. The summed E-state index contributed by atoms with van der Waals surface area (Å²) in [5.41, 5.74) is 1.69. The van der Waals surface area contributed by atoms with Crippen molar-refractivity contribution in [2.45, 2.75) is 90.9 Å². The maximum Gasteiger partial charge on any atom is 0.127 e. The molecule has 148 valence electrons. The standard InChI is InChI=1S/C26H37F/c1-3-4-5-6-25-18-13-22(19-26(25)27)10-9-21-11-16-24(17-12-21)23-14-7-20(2)8-15-23/h13,18-21,23-24H,3-8,11-12,14-17H2,1-2H3/t20-,21-,23-,24-. The number of hydrogen-bond acceptors (Lipinski definition) is 0. The Hall–Kier alpha value is -1.29. The number of rotatable bonds is 5. The molecule has 1 aromatic rings. The van der Waals surface area contributed by atoms with Crippen molar-refractivity contribution < 1.29 is 4.39 Å². The molecule has 2 aliphatic carbocycles. The lowest BCUT2D eigenvalue weighted by atomic mass is 9.69. The Labute approximate surface area is 166 Å². The Morgan fingerprint density at radius 2 is 1.59 bits per heavy atom. The third kappa shape index (κ3) is 6.10. The molecule has 27 heavy (non-hydrogen) atoms. The fraction of sp³-hybridized carbons (Fsp3) is 0.692. The lowest BCUT2D eigenvalue weighted by Gasteiger charge is -2.36. The topological polar surface area (TPSA) is 0 Å². The molecule has 0 atom stereocenters. The lowest BCUT2D eigenvalue weighted by molar-refractivity contribution is 0.162. The zero-order valence-electron chi connectivity index (χ0n) is 17.4. The molecule has 0 saturated heterocycles. The summed E-state index contributed by atoms with van der Waals surface area (Å²) in [5, 5.41) is 0. The summed E-state index contributed by atoms with van der Waals surface area (Å²) in [6.45, 7) is 4.58. The Balaban J connectivity index is 1.48. The lowest BCUT2D eigenvalue weighted by Crippen LogP contribution is -2.24. The van der Waals surface area contributed by atoms with E-state index < -0.39 is 0 Å². The van der Waals surface area contributed by atoms with E-state index in [2.05, 4.69) is 25.7 Å². The van der Waals surface area contributed by atoms with Gasteiger partial charge in [-0.05, 0) is 86.8 Å². The molecule has 0 amide bonds. The number of unbranched alkanes of at least 4 members (excludes halogenated alkanes) is 2. The second-order valence-electron chi connectivity index (χ2n) is 9.16. The van der Waals surface area contributed by atoms with Gasteiger partial charge < -0.3 is 0 Å². The quantitative estimate of drug-likeness (QED) is 0.372. The molecule has 0 N–H and O–H groups in total. The number of aryl methyl sites for hydroxylation is 1. The van der Waals surface area contributed by atoms with Crippen molar-refractivity contribution in [3.63, 3.8) is 0 Å². The average molecular weight is 369 g/mol. The van der Waals surface area contributed by atoms with Crippen LogP contribution in [0.15, 0.2) is 18.2 Å². The van der Waals surface area contributed by atoms with Gasteiger partial charge in [0.15, 0.2) is 0 Å². The molecular weight excluding hydrogens is 331 g/mol. The first-order valence-corrected chi connectivity index (χ1v) is 11.5. The van der Waals surface area contributed by atoms with Crippen LogP contribution in [0.4, 0.5) is 4.39 Å². The molecule has 0 radical (unpaired) electrons. The van der Waals surface area contributed by atoms with Crippen molar-refractivity contribution in [1.82, 2.24) is 0 Å². The van der Waals surface area contributed by atoms with Gasteiger partial charge in [0.05, 0.1) is 0 Å². The molecule has 0 spiro atoms. The van der Waals surface area contributed by atoms with Crippen molar-refractivity contribution >= 4 is 0 Å². The molecule has 0 nitrogen and oxygen atoms in total. The summed E-state index contributed by atoms with van der Waals surface area (Å²) in [6, 6.07) is 5.59. The van der Waals surface area contributed by atoms with Crippen LogP contribution in [0.2, 0.25) is 0 Å². The highest BCUT2D eigenvalue weighted by molar-refractivity contribution is 5.37. The van der Waals surface area contributed by atoms with E-state index in [1.54, 1.807) is 6.07 Å². The zero-order valence-corrected chi connectivity index (χ0v) is 17.4. The van der Waals surface area contributed by atoms with Crippen LogP contribution in [0.5, 0.6) is 0 Å². The number of benzene rings is 1. The average Bonchev–Trinajstić information content (AvgIpc) is 2.69. The van der Waals surface area contributed by atoms with Gasteiger partial charge in [0.2, 0.25) is 0 Å². The van der Waals surface area contributed by atoms with Crippen LogP contribution >= 0.6 is 0 Å². The first kappa shape index (κ1) is 20.4. The maximum absolute atomic E-state index is 14.3. The van der Waals surface area contributed by atoms with E-state index in [0.29, 0.717) is 5.92 Å². The highest BCUT2D eigenvalue weighted by Crippen LogP contribution is 2.41. The van der Waals surface area contributed by atoms with Crippen molar-refractivity contribution in [1.29, 1.82) is 0 Å². The van der Waals surface area contributed by atoms with E-state index in [1.165, 1.54) is 64.2 Å². The summed E-state index contributed by atoms with van der Waals surface area (Å²) in [5.74, 6) is 10.0. The first-order valence-electron chi connectivity index (χ1n) is 11.5. The minimum absolute atomic E-state index is 0.0758. The molecule has 0 heterocycles. The van der Waals surface area contributed by atoms with Gasteiger partial charge in [0, 0.05) is 11.5 Å². The molecule has 0 unspecified atom stereocenters. The van der Waals surface area contributed by atoms with Gasteiger partial charge in [-0.1, -0.05) is 57.4 Å². The van der Waals surface area contributed by atoms with Crippen molar-refractivity contribution in [2.75, 3.05) is 0 Å². The van der Waals surface area contributed by atoms with E-state index in [9.17, 15) is 4.39 Å². The predicted molar refractivity (Wildman–Crippen MR) is 113 cm³/mol. The number of halogens is 1. The summed E-state index contributed by atoms with van der Waals surface area (Å²) < 4.78 is 14.3. The Bertz CT molecular complexity index is 634. The molecule has 3 rings (SSSR count). The van der Waals surface area contributed by atoms with Crippen molar-refractivity contribution in [2.24, 2.45) is 23.7 Å². The van der Waals surface area contributed by atoms with E-state index in [4.69, 9.17) is 0 Å². The molecular formula is C26H37F. The summed E-state index contributed by atoms with van der Waals surface area (Å²) >= 11 is 0. The zero-order chi connectivity index (χ0) is 19.1. The van der Waals surface area contributed by atoms with Crippen LogP contribution in [0.25, 0.3) is 0 Å². The van der Waals surface area contributed by atoms with E-state index in [1.807, 2.05) is 12.1 Å². The van der Waals surface area contributed by atoms with Crippen molar-refractivity contribution in [3.8, 4) is 11.8 Å². The Morgan fingerprint density at radius 1 is 0.926 bits per heavy atom. The third-order valence-corrected chi connectivity index (χ3v) is 7.02. The molecule has 0 aromatic heterocycles. The van der Waals surface area contributed by atoms with Crippen LogP contribution in [-0.2, 0) is 6.42 Å². The first-order chi connectivity index (χ1) is 13.2.